The van der Waals surface area contributed by atoms with Gasteiger partial charge in [-0.15, -0.1) is 12.4 Å². The van der Waals surface area contributed by atoms with Crippen LogP contribution in [0.4, 0.5) is 0 Å². The summed E-state index contributed by atoms with van der Waals surface area (Å²) >= 11 is 0. The van der Waals surface area contributed by atoms with Crippen LogP contribution in [0.3, 0.4) is 0 Å². The van der Waals surface area contributed by atoms with Crippen molar-refractivity contribution in [2.75, 3.05) is 27.3 Å². The van der Waals surface area contributed by atoms with E-state index in [1.807, 2.05) is 24.3 Å². The summed E-state index contributed by atoms with van der Waals surface area (Å²) in [5.74, 6) is -2.36. The smallest absolute Gasteiger partial charge is 0.336 e. The number of nitrogens with one attached hydrogen (secondary N) is 2. The van der Waals surface area contributed by atoms with Gasteiger partial charge in [-0.2, -0.15) is 0 Å². The fourth-order valence-electron chi connectivity index (χ4n) is 3.77. The maximum atomic E-state index is 13.1. The summed E-state index contributed by atoms with van der Waals surface area (Å²) in [7, 11) is 3.06. The summed E-state index contributed by atoms with van der Waals surface area (Å²) in [5.41, 5.74) is 2.45. The maximum Gasteiger partial charge on any atom is 0.336 e. The van der Waals surface area contributed by atoms with Crippen LogP contribution in [0.2, 0.25) is 0 Å². The minimum atomic E-state index is -0.768. The highest BCUT2D eigenvalue weighted by molar-refractivity contribution is 6.00. The van der Waals surface area contributed by atoms with E-state index in [0.29, 0.717) is 40.2 Å². The zero-order valence-corrected chi connectivity index (χ0v) is 22.1. The van der Waals surface area contributed by atoms with Crippen molar-refractivity contribution in [2.24, 2.45) is 0 Å². The van der Waals surface area contributed by atoms with E-state index in [0.717, 1.165) is 0 Å². The van der Waals surface area contributed by atoms with Gasteiger partial charge in [0.15, 0.2) is 0 Å². The first-order chi connectivity index (χ1) is 16.0. The normalized spacial score (nSPS) is 15.9. The van der Waals surface area contributed by atoms with Crippen molar-refractivity contribution >= 4 is 36.4 Å². The lowest BCUT2D eigenvalue weighted by molar-refractivity contribution is -0.148. The van der Waals surface area contributed by atoms with Crippen molar-refractivity contribution in [1.29, 1.82) is 0 Å². The number of esters is 3. The number of carbonyl (C=O) groups excluding carboxylic acids is 3. The van der Waals surface area contributed by atoms with Gasteiger partial charge in [0.2, 0.25) is 0 Å². The molecule has 35 heavy (non-hydrogen) atoms. The fourth-order valence-corrected chi connectivity index (χ4v) is 3.77. The van der Waals surface area contributed by atoms with Crippen LogP contribution in [0.25, 0.3) is 6.08 Å². The predicted molar refractivity (Wildman–Crippen MR) is 137 cm³/mol. The Morgan fingerprint density at radius 3 is 2.34 bits per heavy atom. The number of methoxy groups -OCH3 is 1. The van der Waals surface area contributed by atoms with Crippen molar-refractivity contribution < 1.29 is 28.6 Å². The molecule has 0 radical (unpaired) electrons. The number of carbonyl (C=O) groups is 3. The number of allylic oxidation sites excluding steroid dienone is 1. The highest BCUT2D eigenvalue weighted by Crippen LogP contribution is 2.40. The van der Waals surface area contributed by atoms with E-state index in [4.69, 9.17) is 14.2 Å². The van der Waals surface area contributed by atoms with Crippen LogP contribution in [-0.2, 0) is 28.6 Å². The highest BCUT2D eigenvalue weighted by atomic mass is 35.5. The Morgan fingerprint density at radius 2 is 1.77 bits per heavy atom. The molecule has 0 amide bonds. The number of halogens is 1. The van der Waals surface area contributed by atoms with Gasteiger partial charge >= 0.3 is 17.9 Å². The Bertz CT molecular complexity index is 1040. The topological polar surface area (TPSA) is 103 Å². The average molecular weight is 507 g/mol. The largest absolute Gasteiger partial charge is 0.466 e. The van der Waals surface area contributed by atoms with Gasteiger partial charge in [-0.05, 0) is 58.9 Å². The first kappa shape index (κ1) is 29.9. The molecule has 1 aromatic rings. The minimum Gasteiger partial charge on any atom is -0.466 e. The summed E-state index contributed by atoms with van der Waals surface area (Å²) in [4.78, 5) is 38.3. The van der Waals surface area contributed by atoms with Crippen molar-refractivity contribution in [3.05, 3.63) is 64.0 Å². The number of ether oxygens (including phenoxy) is 3. The second kappa shape index (κ2) is 13.1. The predicted octanol–water partition coefficient (Wildman–Crippen LogP) is 3.63. The quantitative estimate of drug-likeness (QED) is 0.313. The van der Waals surface area contributed by atoms with Crippen molar-refractivity contribution in [2.45, 2.75) is 46.1 Å². The van der Waals surface area contributed by atoms with E-state index in [1.165, 1.54) is 13.2 Å². The molecule has 0 saturated carbocycles. The van der Waals surface area contributed by atoms with Crippen LogP contribution in [-0.4, -0.2) is 50.8 Å². The molecule has 1 aromatic carbocycles. The van der Waals surface area contributed by atoms with E-state index in [9.17, 15) is 14.4 Å². The van der Waals surface area contributed by atoms with Crippen molar-refractivity contribution in [3.8, 4) is 0 Å². The molecule has 0 saturated heterocycles. The molecule has 192 valence electrons. The molecule has 0 fully saturated rings. The molecule has 8 nitrogen and oxygen atoms in total. The summed E-state index contributed by atoms with van der Waals surface area (Å²) < 4.78 is 15.8. The lowest BCUT2D eigenvalue weighted by Gasteiger charge is -2.32. The third kappa shape index (κ3) is 7.70. The molecule has 0 aliphatic carbocycles. The van der Waals surface area contributed by atoms with Gasteiger partial charge in [-0.3, -0.25) is 0 Å². The molecule has 1 atom stereocenters. The van der Waals surface area contributed by atoms with E-state index >= 15 is 0 Å². The average Bonchev–Trinajstić information content (AvgIpc) is 2.76. The van der Waals surface area contributed by atoms with E-state index in [-0.39, 0.29) is 19.0 Å². The molecule has 1 aliphatic rings. The van der Waals surface area contributed by atoms with Crippen LogP contribution in [0, 0.1) is 0 Å². The molecule has 1 heterocycles. The number of hydrogen-bond donors (Lipinski definition) is 2. The Kier molecular flexibility index (Phi) is 11.2. The van der Waals surface area contributed by atoms with Crippen LogP contribution in [0.15, 0.2) is 52.9 Å². The number of dihydropyridines is 1. The Balaban J connectivity index is 0.00000612. The maximum absolute atomic E-state index is 13.1. The molecular weight excluding hydrogens is 472 g/mol. The molecule has 2 rings (SSSR count). The standard InChI is InChI=1S/C26H34N2O6.ClH/c1-8-33-25(31)23-19(15-27-6)28-16(2)21(24(30)32-7)22(23)18-12-10-9-11-17(18)13-14-20(29)34-26(3,4)5;/h9-14,22,27-28H,8,15H2,1-7H3;1H/b14-13+;. The lowest BCUT2D eigenvalue weighted by Crippen LogP contribution is -2.36. The van der Waals surface area contributed by atoms with E-state index in [2.05, 4.69) is 10.6 Å². The Labute approximate surface area is 213 Å². The summed E-state index contributed by atoms with van der Waals surface area (Å²) in [6.07, 6.45) is 2.96. The van der Waals surface area contributed by atoms with E-state index in [1.54, 1.807) is 47.7 Å². The summed E-state index contributed by atoms with van der Waals surface area (Å²) in [6, 6.07) is 7.25. The molecule has 1 unspecified atom stereocenters. The Morgan fingerprint density at radius 1 is 1.11 bits per heavy atom. The van der Waals surface area contributed by atoms with Gasteiger partial charge in [0, 0.05) is 24.0 Å². The minimum absolute atomic E-state index is 0. The molecule has 0 aromatic heterocycles. The summed E-state index contributed by atoms with van der Waals surface area (Å²) in [6.45, 7) is 9.38. The second-order valence-corrected chi connectivity index (χ2v) is 8.73. The van der Waals surface area contributed by atoms with Gasteiger partial charge < -0.3 is 24.8 Å². The van der Waals surface area contributed by atoms with Crippen LogP contribution < -0.4 is 10.6 Å². The number of likely N-dealkylation sites (N-methyl/N-ethyl adjacent to an activating group) is 1. The van der Waals surface area contributed by atoms with Gasteiger partial charge in [0.1, 0.15) is 5.60 Å². The fraction of sp³-hybridized carbons (Fsp3) is 0.423. The van der Waals surface area contributed by atoms with Crippen LogP contribution >= 0.6 is 12.4 Å². The molecular formula is C26H35ClN2O6. The monoisotopic (exact) mass is 506 g/mol. The molecule has 0 spiro atoms. The first-order valence-electron chi connectivity index (χ1n) is 11.1. The highest BCUT2D eigenvalue weighted by Gasteiger charge is 2.39. The SMILES string of the molecule is CCOC(=O)C1=C(CNC)NC(C)=C(C(=O)OC)C1c1ccccc1/C=C/C(=O)OC(C)(C)C.Cl. The van der Waals surface area contributed by atoms with Gasteiger partial charge in [0.05, 0.1) is 30.8 Å². The third-order valence-corrected chi connectivity index (χ3v) is 5.01. The second-order valence-electron chi connectivity index (χ2n) is 8.73. The number of rotatable bonds is 8. The molecule has 0 bridgehead atoms. The Hall–Kier alpha value is -3.10. The molecule has 9 heteroatoms. The van der Waals surface area contributed by atoms with Crippen molar-refractivity contribution in [1.82, 2.24) is 10.6 Å². The lowest BCUT2D eigenvalue weighted by atomic mass is 9.78. The zero-order chi connectivity index (χ0) is 25.5. The first-order valence-corrected chi connectivity index (χ1v) is 11.1. The van der Waals surface area contributed by atoms with Gasteiger partial charge in [-0.1, -0.05) is 24.3 Å². The third-order valence-electron chi connectivity index (χ3n) is 5.01. The van der Waals surface area contributed by atoms with Gasteiger partial charge in [-0.25, -0.2) is 14.4 Å². The van der Waals surface area contributed by atoms with Crippen LogP contribution in [0.5, 0.6) is 0 Å². The number of benzene rings is 1. The van der Waals surface area contributed by atoms with Crippen LogP contribution in [0.1, 0.15) is 51.7 Å². The van der Waals surface area contributed by atoms with Gasteiger partial charge in [0.25, 0.3) is 0 Å². The zero-order valence-electron chi connectivity index (χ0n) is 21.3. The van der Waals surface area contributed by atoms with E-state index < -0.39 is 29.4 Å². The number of hydrogen-bond acceptors (Lipinski definition) is 8. The molecule has 2 N–H and O–H groups in total. The summed E-state index contributed by atoms with van der Waals surface area (Å²) in [5, 5.41) is 6.22. The molecule has 1 aliphatic heterocycles. The van der Waals surface area contributed by atoms with Crippen molar-refractivity contribution in [3.63, 3.8) is 0 Å².